The summed E-state index contributed by atoms with van der Waals surface area (Å²) in [5.74, 6) is 0.0113. The van der Waals surface area contributed by atoms with Gasteiger partial charge in [0.15, 0.2) is 0 Å². The van der Waals surface area contributed by atoms with E-state index in [0.717, 1.165) is 0 Å². The Labute approximate surface area is 117 Å². The van der Waals surface area contributed by atoms with Gasteiger partial charge in [0.1, 0.15) is 11.5 Å². The normalized spacial score (nSPS) is 15.1. The molecule has 1 aromatic rings. The van der Waals surface area contributed by atoms with Crippen LogP contribution in [0.1, 0.15) is 17.4 Å². The second kappa shape index (κ2) is 6.18. The number of urea groups is 1. The fourth-order valence-electron chi connectivity index (χ4n) is 2.03. The highest BCUT2D eigenvalue weighted by molar-refractivity contribution is 5.90. The molecule has 0 saturated carbocycles. The van der Waals surface area contributed by atoms with Gasteiger partial charge < -0.3 is 20.9 Å². The molecule has 1 aromatic heterocycles. The van der Waals surface area contributed by atoms with Gasteiger partial charge in [-0.25, -0.2) is 9.78 Å². The number of nitrogens with zero attached hydrogens (tertiary/aromatic N) is 4. The zero-order valence-electron chi connectivity index (χ0n) is 11.4. The van der Waals surface area contributed by atoms with E-state index in [2.05, 4.69) is 15.3 Å². The quantitative estimate of drug-likeness (QED) is 0.770. The Kier molecular flexibility index (Phi) is 4.34. The minimum atomic E-state index is -0.597. The van der Waals surface area contributed by atoms with Gasteiger partial charge in [0.2, 0.25) is 0 Å². The summed E-state index contributed by atoms with van der Waals surface area (Å²) in [6.07, 6.45) is 2.94. The fourth-order valence-corrected chi connectivity index (χ4v) is 2.03. The van der Waals surface area contributed by atoms with E-state index in [1.54, 1.807) is 11.1 Å². The second-order valence-electron chi connectivity index (χ2n) is 4.44. The Morgan fingerprint density at radius 3 is 2.60 bits per heavy atom. The summed E-state index contributed by atoms with van der Waals surface area (Å²) in [5.41, 5.74) is 5.33. The van der Waals surface area contributed by atoms with Crippen LogP contribution in [-0.4, -0.2) is 59.5 Å². The molecular formula is C12H18N6O2. The summed E-state index contributed by atoms with van der Waals surface area (Å²) in [6, 6.07) is -0.0517. The first-order valence-electron chi connectivity index (χ1n) is 6.51. The number of primary amides is 1. The van der Waals surface area contributed by atoms with Crippen molar-refractivity contribution in [1.29, 1.82) is 0 Å². The lowest BCUT2D eigenvalue weighted by atomic mass is 10.3. The van der Waals surface area contributed by atoms with E-state index in [0.29, 0.717) is 38.5 Å². The molecule has 0 atom stereocenters. The van der Waals surface area contributed by atoms with E-state index in [4.69, 9.17) is 5.73 Å². The third-order valence-electron chi connectivity index (χ3n) is 3.09. The molecule has 2 rings (SSSR count). The number of piperazine rings is 1. The molecule has 2 heterocycles. The van der Waals surface area contributed by atoms with Crippen molar-refractivity contribution in [2.75, 3.05) is 37.6 Å². The lowest BCUT2D eigenvalue weighted by Crippen LogP contribution is -2.52. The van der Waals surface area contributed by atoms with E-state index < -0.39 is 5.91 Å². The lowest BCUT2D eigenvalue weighted by Gasteiger charge is -2.35. The van der Waals surface area contributed by atoms with Gasteiger partial charge in [0.05, 0.1) is 12.4 Å². The minimum absolute atomic E-state index is 0.0517. The van der Waals surface area contributed by atoms with E-state index in [-0.39, 0.29) is 11.7 Å². The molecule has 1 aliphatic rings. The molecule has 0 unspecified atom stereocenters. The topological polar surface area (TPSA) is 104 Å². The van der Waals surface area contributed by atoms with E-state index in [1.165, 1.54) is 6.20 Å². The first-order chi connectivity index (χ1) is 9.61. The van der Waals surface area contributed by atoms with E-state index in [9.17, 15) is 9.59 Å². The molecule has 108 valence electrons. The molecule has 0 aliphatic carbocycles. The number of nitrogens with one attached hydrogen (secondary N) is 1. The largest absolute Gasteiger partial charge is 0.364 e. The molecule has 8 nitrogen and oxygen atoms in total. The van der Waals surface area contributed by atoms with Gasteiger partial charge in [0.25, 0.3) is 5.91 Å². The van der Waals surface area contributed by atoms with Gasteiger partial charge in [-0.15, -0.1) is 0 Å². The number of carbonyl (C=O) groups excluding carboxylic acids is 2. The highest BCUT2D eigenvalue weighted by Crippen LogP contribution is 2.12. The molecule has 1 aliphatic heterocycles. The van der Waals surface area contributed by atoms with Crippen molar-refractivity contribution in [3.05, 3.63) is 18.1 Å². The van der Waals surface area contributed by atoms with E-state index >= 15 is 0 Å². The Hall–Kier alpha value is -2.38. The Morgan fingerprint density at radius 1 is 1.30 bits per heavy atom. The molecule has 3 N–H and O–H groups in total. The van der Waals surface area contributed by atoms with Crippen LogP contribution in [0.25, 0.3) is 0 Å². The molecule has 0 spiro atoms. The predicted molar refractivity (Wildman–Crippen MR) is 73.4 cm³/mol. The molecule has 20 heavy (non-hydrogen) atoms. The molecular weight excluding hydrogens is 260 g/mol. The van der Waals surface area contributed by atoms with Gasteiger partial charge in [-0.2, -0.15) is 0 Å². The van der Waals surface area contributed by atoms with Crippen molar-refractivity contribution in [2.45, 2.75) is 6.92 Å². The van der Waals surface area contributed by atoms with Crippen LogP contribution in [0.3, 0.4) is 0 Å². The highest BCUT2D eigenvalue weighted by atomic mass is 16.2. The Morgan fingerprint density at radius 2 is 2.00 bits per heavy atom. The number of nitrogens with two attached hydrogens (primary N) is 1. The molecule has 1 fully saturated rings. The molecule has 0 radical (unpaired) electrons. The van der Waals surface area contributed by atoms with Crippen LogP contribution in [0.15, 0.2) is 12.4 Å². The summed E-state index contributed by atoms with van der Waals surface area (Å²) < 4.78 is 0. The van der Waals surface area contributed by atoms with Gasteiger partial charge in [-0.3, -0.25) is 9.78 Å². The Balaban J connectivity index is 1.98. The number of carbonyl (C=O) groups is 2. The first-order valence-corrected chi connectivity index (χ1v) is 6.51. The van der Waals surface area contributed by atoms with Crippen molar-refractivity contribution >= 4 is 17.8 Å². The van der Waals surface area contributed by atoms with Crippen LogP contribution in [0.2, 0.25) is 0 Å². The highest BCUT2D eigenvalue weighted by Gasteiger charge is 2.22. The zero-order valence-corrected chi connectivity index (χ0v) is 11.4. The average Bonchev–Trinajstić information content (AvgIpc) is 2.48. The second-order valence-corrected chi connectivity index (χ2v) is 4.44. The van der Waals surface area contributed by atoms with Crippen molar-refractivity contribution in [1.82, 2.24) is 20.2 Å². The summed E-state index contributed by atoms with van der Waals surface area (Å²) >= 11 is 0. The van der Waals surface area contributed by atoms with Crippen molar-refractivity contribution in [3.8, 4) is 0 Å². The van der Waals surface area contributed by atoms with Crippen LogP contribution in [-0.2, 0) is 0 Å². The molecule has 1 saturated heterocycles. The van der Waals surface area contributed by atoms with Crippen LogP contribution in [0.4, 0.5) is 10.6 Å². The minimum Gasteiger partial charge on any atom is -0.364 e. The monoisotopic (exact) mass is 278 g/mol. The third kappa shape index (κ3) is 3.14. The van der Waals surface area contributed by atoms with Crippen molar-refractivity contribution in [2.24, 2.45) is 5.73 Å². The number of anilines is 1. The zero-order chi connectivity index (χ0) is 14.5. The number of hydrogen-bond donors (Lipinski definition) is 2. The van der Waals surface area contributed by atoms with Crippen LogP contribution < -0.4 is 16.0 Å². The third-order valence-corrected chi connectivity index (χ3v) is 3.09. The van der Waals surface area contributed by atoms with Crippen molar-refractivity contribution < 1.29 is 9.59 Å². The summed E-state index contributed by atoms with van der Waals surface area (Å²) in [6.45, 7) is 5.01. The van der Waals surface area contributed by atoms with Gasteiger partial charge in [-0.05, 0) is 6.92 Å². The SMILES string of the molecule is CCNC(=O)N1CCN(c2cncc(C(N)=O)n2)CC1. The van der Waals surface area contributed by atoms with Crippen LogP contribution >= 0.6 is 0 Å². The fraction of sp³-hybridized carbons (Fsp3) is 0.500. The number of hydrogen-bond acceptors (Lipinski definition) is 5. The first kappa shape index (κ1) is 14.0. The maximum absolute atomic E-state index is 11.7. The predicted octanol–water partition coefficient (Wildman–Crippen LogP) is -0.573. The van der Waals surface area contributed by atoms with Gasteiger partial charge >= 0.3 is 6.03 Å². The van der Waals surface area contributed by atoms with Gasteiger partial charge in [0, 0.05) is 32.7 Å². The molecule has 8 heteroatoms. The standard InChI is InChI=1S/C12H18N6O2/c1-2-15-12(20)18-5-3-17(4-6-18)10-8-14-7-9(16-10)11(13)19/h7-8H,2-6H2,1H3,(H2,13,19)(H,15,20). The van der Waals surface area contributed by atoms with Crippen LogP contribution in [0.5, 0.6) is 0 Å². The maximum atomic E-state index is 11.7. The average molecular weight is 278 g/mol. The number of aromatic nitrogens is 2. The summed E-state index contributed by atoms with van der Waals surface area (Å²) in [7, 11) is 0. The Bertz CT molecular complexity index is 498. The summed E-state index contributed by atoms with van der Waals surface area (Å²) in [4.78, 5) is 34.7. The summed E-state index contributed by atoms with van der Waals surface area (Å²) in [5, 5.41) is 2.77. The van der Waals surface area contributed by atoms with Gasteiger partial charge in [-0.1, -0.05) is 0 Å². The van der Waals surface area contributed by atoms with Crippen molar-refractivity contribution in [3.63, 3.8) is 0 Å². The number of rotatable bonds is 3. The maximum Gasteiger partial charge on any atom is 0.317 e. The van der Waals surface area contributed by atoms with Crippen LogP contribution in [0, 0.1) is 0 Å². The molecule has 0 bridgehead atoms. The number of amides is 3. The molecule has 0 aromatic carbocycles. The smallest absolute Gasteiger partial charge is 0.317 e. The molecule has 3 amide bonds. The lowest BCUT2D eigenvalue weighted by molar-refractivity contribution is 0.0995. The van der Waals surface area contributed by atoms with E-state index in [1.807, 2.05) is 11.8 Å².